The number of allylic oxidation sites excluding steroid dienone is 2. The molecule has 1 aliphatic carbocycles. The van der Waals surface area contributed by atoms with Crippen LogP contribution in [0.15, 0.2) is 34.8 Å². The van der Waals surface area contributed by atoms with Crippen LogP contribution in [-0.4, -0.2) is 0 Å². The fraction of sp³-hybridized carbons (Fsp3) is 0.250. The van der Waals surface area contributed by atoms with Crippen molar-refractivity contribution in [1.29, 1.82) is 0 Å². The van der Waals surface area contributed by atoms with Crippen LogP contribution in [0.4, 0.5) is 0 Å². The summed E-state index contributed by atoms with van der Waals surface area (Å²) in [6.45, 7) is 4.14. The Kier molecular flexibility index (Phi) is 2.54. The van der Waals surface area contributed by atoms with E-state index in [1.54, 1.807) is 0 Å². The van der Waals surface area contributed by atoms with Gasteiger partial charge in [0.05, 0.1) is 0 Å². The maximum atomic E-state index is 4.14. The molecule has 13 heavy (non-hydrogen) atoms. The molecular formula is C12H12Br. The molecule has 1 heteroatoms. The number of benzene rings is 1. The molecule has 67 valence electrons. The van der Waals surface area contributed by atoms with Gasteiger partial charge < -0.3 is 0 Å². The van der Waals surface area contributed by atoms with E-state index < -0.39 is 0 Å². The molecule has 0 aliphatic heterocycles. The van der Waals surface area contributed by atoms with E-state index in [0.717, 1.165) is 4.47 Å². The zero-order valence-corrected chi connectivity index (χ0v) is 9.05. The summed E-state index contributed by atoms with van der Waals surface area (Å²) < 4.78 is 1.14. The van der Waals surface area contributed by atoms with Crippen molar-refractivity contribution in [3.63, 3.8) is 0 Å². The summed E-state index contributed by atoms with van der Waals surface area (Å²) in [6.07, 6.45) is 4.68. The van der Waals surface area contributed by atoms with Gasteiger partial charge in [-0.2, -0.15) is 0 Å². The molecule has 1 aromatic rings. The standard InChI is InChI=1S/C12H12Br/c1-9-4-2-7-12(9)10-5-3-6-11(13)8-10/h3,5-9H,1-2,4H2. The maximum absolute atomic E-state index is 4.14. The van der Waals surface area contributed by atoms with E-state index in [0.29, 0.717) is 5.92 Å². The molecule has 1 atom stereocenters. The van der Waals surface area contributed by atoms with Gasteiger partial charge in [0.2, 0.25) is 0 Å². The summed E-state index contributed by atoms with van der Waals surface area (Å²) in [5.74, 6) is 0.481. The molecule has 0 heterocycles. The molecule has 0 bridgehead atoms. The summed E-state index contributed by atoms with van der Waals surface area (Å²) in [5.41, 5.74) is 2.72. The number of rotatable bonds is 1. The van der Waals surface area contributed by atoms with E-state index in [4.69, 9.17) is 0 Å². The lowest BCUT2D eigenvalue weighted by Crippen LogP contribution is -1.92. The zero-order chi connectivity index (χ0) is 9.26. The van der Waals surface area contributed by atoms with Gasteiger partial charge >= 0.3 is 0 Å². The summed E-state index contributed by atoms with van der Waals surface area (Å²) in [5, 5.41) is 0. The molecule has 0 aromatic heterocycles. The maximum Gasteiger partial charge on any atom is 0.0181 e. The largest absolute Gasteiger partial charge is 0.0804 e. The first-order valence-corrected chi connectivity index (χ1v) is 5.36. The third-order valence-electron chi connectivity index (χ3n) is 2.48. The van der Waals surface area contributed by atoms with Crippen LogP contribution in [0.1, 0.15) is 18.4 Å². The molecule has 0 amide bonds. The molecule has 1 radical (unpaired) electrons. The minimum absolute atomic E-state index is 0.481. The predicted octanol–water partition coefficient (Wildman–Crippen LogP) is 4.08. The summed E-state index contributed by atoms with van der Waals surface area (Å²) in [6, 6.07) is 8.44. The van der Waals surface area contributed by atoms with Gasteiger partial charge in [0.25, 0.3) is 0 Å². The second-order valence-electron chi connectivity index (χ2n) is 3.44. The Morgan fingerprint density at radius 3 is 2.85 bits per heavy atom. The zero-order valence-electron chi connectivity index (χ0n) is 7.46. The van der Waals surface area contributed by atoms with Crippen molar-refractivity contribution in [1.82, 2.24) is 0 Å². The Hall–Kier alpha value is -0.560. The number of hydrogen-bond acceptors (Lipinski definition) is 0. The van der Waals surface area contributed by atoms with Crippen LogP contribution >= 0.6 is 15.9 Å². The average Bonchev–Trinajstić information content (AvgIpc) is 2.51. The third kappa shape index (κ3) is 1.86. The van der Waals surface area contributed by atoms with Crippen LogP contribution < -0.4 is 0 Å². The molecule has 0 saturated heterocycles. The summed E-state index contributed by atoms with van der Waals surface area (Å²) in [7, 11) is 0. The normalized spacial score (nSPS) is 21.7. The summed E-state index contributed by atoms with van der Waals surface area (Å²) in [4.78, 5) is 0. The van der Waals surface area contributed by atoms with Gasteiger partial charge in [0, 0.05) is 4.47 Å². The first-order chi connectivity index (χ1) is 6.27. The third-order valence-corrected chi connectivity index (χ3v) is 2.97. The Morgan fingerprint density at radius 1 is 1.38 bits per heavy atom. The van der Waals surface area contributed by atoms with Gasteiger partial charge in [-0.3, -0.25) is 0 Å². The van der Waals surface area contributed by atoms with Crippen molar-refractivity contribution < 1.29 is 0 Å². The molecule has 1 aromatic carbocycles. The van der Waals surface area contributed by atoms with Crippen LogP contribution in [0, 0.1) is 12.8 Å². The lowest BCUT2D eigenvalue weighted by atomic mass is 9.97. The summed E-state index contributed by atoms with van der Waals surface area (Å²) >= 11 is 3.48. The SMILES string of the molecule is [CH2]C1CCC=C1c1cccc(Br)c1. The molecule has 0 spiro atoms. The lowest BCUT2D eigenvalue weighted by molar-refractivity contribution is 0.781. The van der Waals surface area contributed by atoms with Crippen molar-refractivity contribution in [2.45, 2.75) is 12.8 Å². The van der Waals surface area contributed by atoms with Crippen LogP contribution in [0.5, 0.6) is 0 Å². The fourth-order valence-corrected chi connectivity index (χ4v) is 2.18. The van der Waals surface area contributed by atoms with E-state index in [9.17, 15) is 0 Å². The van der Waals surface area contributed by atoms with Gasteiger partial charge in [-0.25, -0.2) is 0 Å². The van der Waals surface area contributed by atoms with Crippen molar-refractivity contribution >= 4 is 21.5 Å². The first-order valence-electron chi connectivity index (χ1n) is 4.56. The van der Waals surface area contributed by atoms with Crippen molar-refractivity contribution in [3.05, 3.63) is 47.3 Å². The lowest BCUT2D eigenvalue weighted by Gasteiger charge is -2.09. The average molecular weight is 236 g/mol. The highest BCUT2D eigenvalue weighted by Gasteiger charge is 2.15. The molecule has 0 saturated carbocycles. The van der Waals surface area contributed by atoms with Crippen molar-refractivity contribution in [3.8, 4) is 0 Å². The number of hydrogen-bond donors (Lipinski definition) is 0. The highest BCUT2D eigenvalue weighted by molar-refractivity contribution is 9.10. The molecule has 1 aliphatic rings. The minimum Gasteiger partial charge on any atom is -0.0804 e. The quantitative estimate of drug-likeness (QED) is 0.689. The van der Waals surface area contributed by atoms with Gasteiger partial charge in [-0.05, 0) is 49.0 Å². The minimum atomic E-state index is 0.481. The fourth-order valence-electron chi connectivity index (χ4n) is 1.78. The first kappa shape index (κ1) is 9.01. The molecular weight excluding hydrogens is 224 g/mol. The van der Waals surface area contributed by atoms with E-state index >= 15 is 0 Å². The Bertz CT molecular complexity index is 339. The smallest absolute Gasteiger partial charge is 0.0181 e. The highest BCUT2D eigenvalue weighted by Crippen LogP contribution is 2.33. The Balaban J connectivity index is 2.35. The van der Waals surface area contributed by atoms with E-state index in [1.807, 2.05) is 0 Å². The van der Waals surface area contributed by atoms with Crippen molar-refractivity contribution in [2.75, 3.05) is 0 Å². The molecule has 0 nitrogen and oxygen atoms in total. The highest BCUT2D eigenvalue weighted by atomic mass is 79.9. The van der Waals surface area contributed by atoms with Crippen LogP contribution in [0.25, 0.3) is 5.57 Å². The van der Waals surface area contributed by atoms with Crippen LogP contribution in [0.3, 0.4) is 0 Å². The molecule has 0 fully saturated rings. The molecule has 2 rings (SSSR count). The van der Waals surface area contributed by atoms with Gasteiger partial charge in [0.1, 0.15) is 0 Å². The number of halogens is 1. The van der Waals surface area contributed by atoms with Crippen molar-refractivity contribution in [2.24, 2.45) is 5.92 Å². The monoisotopic (exact) mass is 235 g/mol. The van der Waals surface area contributed by atoms with E-state index in [1.165, 1.54) is 24.0 Å². The Morgan fingerprint density at radius 2 is 2.23 bits per heavy atom. The topological polar surface area (TPSA) is 0 Å². The van der Waals surface area contributed by atoms with E-state index in [-0.39, 0.29) is 0 Å². The molecule has 0 N–H and O–H groups in total. The van der Waals surface area contributed by atoms with Crippen LogP contribution in [-0.2, 0) is 0 Å². The van der Waals surface area contributed by atoms with Gasteiger partial charge in [-0.1, -0.05) is 34.1 Å². The second-order valence-corrected chi connectivity index (χ2v) is 4.36. The van der Waals surface area contributed by atoms with E-state index in [2.05, 4.69) is 53.2 Å². The predicted molar refractivity (Wildman–Crippen MR) is 60.2 cm³/mol. The Labute approximate surface area is 87.8 Å². The second kappa shape index (κ2) is 3.67. The van der Waals surface area contributed by atoms with Crippen LogP contribution in [0.2, 0.25) is 0 Å². The van der Waals surface area contributed by atoms with Gasteiger partial charge in [0.15, 0.2) is 0 Å². The van der Waals surface area contributed by atoms with Gasteiger partial charge in [-0.15, -0.1) is 0 Å². The molecule has 1 unspecified atom stereocenters.